The van der Waals surface area contributed by atoms with Gasteiger partial charge in [-0.2, -0.15) is 0 Å². The SMILES string of the molecule is CC(NC(=O)C(C)NP)B(O)O. The van der Waals surface area contributed by atoms with Crippen LogP contribution in [0.1, 0.15) is 13.8 Å². The fourth-order valence-corrected chi connectivity index (χ4v) is 0.651. The Morgan fingerprint density at radius 2 is 2.00 bits per heavy atom. The predicted octanol–water partition coefficient (Wildman–Crippen LogP) is -1.73. The molecule has 0 aliphatic heterocycles. The largest absolute Gasteiger partial charge is 0.475 e. The lowest BCUT2D eigenvalue weighted by molar-refractivity contribution is -0.122. The van der Waals surface area contributed by atoms with Gasteiger partial charge in [0.05, 0.1) is 12.0 Å². The van der Waals surface area contributed by atoms with Gasteiger partial charge in [0, 0.05) is 0 Å². The van der Waals surface area contributed by atoms with Gasteiger partial charge in [0.2, 0.25) is 5.91 Å². The van der Waals surface area contributed by atoms with E-state index in [1.807, 2.05) is 0 Å². The zero-order chi connectivity index (χ0) is 9.72. The van der Waals surface area contributed by atoms with Crippen LogP contribution in [0.4, 0.5) is 0 Å². The highest BCUT2D eigenvalue weighted by atomic mass is 31.0. The first-order valence-corrected chi connectivity index (χ1v) is 4.19. The third-order valence-corrected chi connectivity index (χ3v) is 1.96. The third kappa shape index (κ3) is 4.02. The molecule has 5 nitrogen and oxygen atoms in total. The van der Waals surface area contributed by atoms with Crippen LogP contribution < -0.4 is 10.4 Å². The maximum absolute atomic E-state index is 11.1. The maximum atomic E-state index is 11.1. The topological polar surface area (TPSA) is 81.6 Å². The molecular formula is C5H14BN2O3P. The summed E-state index contributed by atoms with van der Waals surface area (Å²) < 4.78 is 0. The molecule has 4 N–H and O–H groups in total. The molecular weight excluding hydrogens is 178 g/mol. The average molecular weight is 192 g/mol. The van der Waals surface area contributed by atoms with E-state index in [-0.39, 0.29) is 11.9 Å². The summed E-state index contributed by atoms with van der Waals surface area (Å²) in [5.41, 5.74) is 0. The zero-order valence-electron chi connectivity index (χ0n) is 7.11. The Morgan fingerprint density at radius 1 is 1.50 bits per heavy atom. The molecule has 1 amide bonds. The van der Waals surface area contributed by atoms with Gasteiger partial charge in [-0.15, -0.1) is 0 Å². The van der Waals surface area contributed by atoms with Gasteiger partial charge in [-0.25, -0.2) is 0 Å². The number of rotatable bonds is 4. The molecule has 0 heterocycles. The van der Waals surface area contributed by atoms with Crippen molar-refractivity contribution in [1.29, 1.82) is 0 Å². The third-order valence-electron chi connectivity index (χ3n) is 1.46. The van der Waals surface area contributed by atoms with Crippen molar-refractivity contribution in [2.45, 2.75) is 25.8 Å². The van der Waals surface area contributed by atoms with Crippen LogP contribution in [0, 0.1) is 0 Å². The van der Waals surface area contributed by atoms with Crippen molar-refractivity contribution < 1.29 is 14.8 Å². The van der Waals surface area contributed by atoms with Crippen molar-refractivity contribution in [3.05, 3.63) is 0 Å². The summed E-state index contributed by atoms with van der Waals surface area (Å²) in [6.07, 6.45) is 0. The first kappa shape index (κ1) is 11.8. The van der Waals surface area contributed by atoms with Gasteiger partial charge in [0.15, 0.2) is 0 Å². The standard InChI is InChI=1S/C5H14BN2O3P/c1-3(8-12)5(9)7-4(2)6(10)11/h3-4,8,10-11H,12H2,1-2H3,(H,7,9). The summed E-state index contributed by atoms with van der Waals surface area (Å²) >= 11 is 0. The number of carbonyl (C=O) groups is 1. The van der Waals surface area contributed by atoms with Gasteiger partial charge in [0.1, 0.15) is 0 Å². The predicted molar refractivity (Wildman–Crippen MR) is 50.1 cm³/mol. The molecule has 12 heavy (non-hydrogen) atoms. The van der Waals surface area contributed by atoms with Crippen molar-refractivity contribution >= 4 is 22.4 Å². The molecule has 0 spiro atoms. The molecule has 0 aromatic rings. The number of carbonyl (C=O) groups excluding carboxylic acids is 1. The fraction of sp³-hybridized carbons (Fsp3) is 0.800. The first-order valence-electron chi connectivity index (χ1n) is 3.61. The number of amides is 1. The Kier molecular flexibility index (Phi) is 5.41. The second kappa shape index (κ2) is 5.48. The highest BCUT2D eigenvalue weighted by Gasteiger charge is 2.21. The van der Waals surface area contributed by atoms with E-state index in [0.717, 1.165) is 0 Å². The maximum Gasteiger partial charge on any atom is 0.475 e. The van der Waals surface area contributed by atoms with Crippen LogP contribution in [0.15, 0.2) is 0 Å². The lowest BCUT2D eigenvalue weighted by atomic mass is 9.81. The Labute approximate surface area is 74.3 Å². The van der Waals surface area contributed by atoms with Gasteiger partial charge < -0.3 is 15.4 Å². The van der Waals surface area contributed by atoms with Gasteiger partial charge in [-0.05, 0) is 13.8 Å². The van der Waals surface area contributed by atoms with Gasteiger partial charge in [0.25, 0.3) is 0 Å². The van der Waals surface area contributed by atoms with Gasteiger partial charge >= 0.3 is 7.12 Å². The molecule has 0 aliphatic carbocycles. The minimum atomic E-state index is -1.52. The summed E-state index contributed by atoms with van der Waals surface area (Å²) in [5.74, 6) is -0.927. The van der Waals surface area contributed by atoms with E-state index < -0.39 is 13.1 Å². The van der Waals surface area contributed by atoms with Crippen LogP contribution in [0.2, 0.25) is 0 Å². The minimum absolute atomic E-state index is 0.273. The van der Waals surface area contributed by atoms with Crippen LogP contribution in [-0.4, -0.2) is 35.1 Å². The summed E-state index contributed by atoms with van der Waals surface area (Å²) in [5, 5.41) is 22.3. The van der Waals surface area contributed by atoms with Gasteiger partial charge in [-0.3, -0.25) is 9.88 Å². The molecule has 70 valence electrons. The second-order valence-corrected chi connectivity index (χ2v) is 2.93. The molecule has 0 saturated heterocycles. The van der Waals surface area contributed by atoms with Crippen LogP contribution in [0.5, 0.6) is 0 Å². The lowest BCUT2D eigenvalue weighted by Gasteiger charge is -2.15. The van der Waals surface area contributed by atoms with Crippen molar-refractivity contribution in [3.63, 3.8) is 0 Å². The quantitative estimate of drug-likeness (QED) is 0.315. The molecule has 0 rings (SSSR count). The van der Waals surface area contributed by atoms with E-state index in [4.69, 9.17) is 10.0 Å². The Hall–Kier alpha value is -0.155. The number of nitrogens with one attached hydrogen (secondary N) is 2. The molecule has 0 fully saturated rings. The fourth-order valence-electron chi connectivity index (χ4n) is 0.500. The lowest BCUT2D eigenvalue weighted by Crippen LogP contribution is -2.49. The molecule has 3 atom stereocenters. The minimum Gasteiger partial charge on any atom is -0.426 e. The van der Waals surface area contributed by atoms with E-state index in [0.29, 0.717) is 0 Å². The monoisotopic (exact) mass is 192 g/mol. The van der Waals surface area contributed by atoms with E-state index in [1.54, 1.807) is 6.92 Å². The normalized spacial score (nSPS) is 15.1. The van der Waals surface area contributed by atoms with Crippen LogP contribution in [0.25, 0.3) is 0 Å². The van der Waals surface area contributed by atoms with Gasteiger partial charge in [-0.1, -0.05) is 9.39 Å². The Balaban J connectivity index is 3.84. The summed E-state index contributed by atoms with van der Waals surface area (Å²) in [4.78, 5) is 11.1. The smallest absolute Gasteiger partial charge is 0.426 e. The zero-order valence-corrected chi connectivity index (χ0v) is 8.27. The number of hydrogen-bond acceptors (Lipinski definition) is 4. The van der Waals surface area contributed by atoms with E-state index in [1.165, 1.54) is 6.92 Å². The van der Waals surface area contributed by atoms with Crippen LogP contribution >= 0.6 is 9.39 Å². The first-order chi connectivity index (χ1) is 5.49. The van der Waals surface area contributed by atoms with Crippen molar-refractivity contribution in [2.24, 2.45) is 0 Å². The molecule has 0 bridgehead atoms. The highest BCUT2D eigenvalue weighted by Crippen LogP contribution is 1.89. The molecule has 0 aliphatic rings. The second-order valence-electron chi connectivity index (χ2n) is 2.60. The van der Waals surface area contributed by atoms with Crippen molar-refractivity contribution in [1.82, 2.24) is 10.4 Å². The van der Waals surface area contributed by atoms with Crippen LogP contribution in [-0.2, 0) is 4.79 Å². The van der Waals surface area contributed by atoms with E-state index in [9.17, 15) is 4.79 Å². The molecule has 3 unspecified atom stereocenters. The molecule has 0 saturated carbocycles. The Bertz CT molecular complexity index is 158. The average Bonchev–Trinajstić information content (AvgIpc) is 2.02. The summed E-state index contributed by atoms with van der Waals surface area (Å²) in [7, 11) is 0.690. The molecule has 0 aromatic heterocycles. The number of hydrogen-bond donors (Lipinski definition) is 4. The molecule has 0 aromatic carbocycles. The van der Waals surface area contributed by atoms with Crippen molar-refractivity contribution in [2.75, 3.05) is 0 Å². The highest BCUT2D eigenvalue weighted by molar-refractivity contribution is 7.13. The van der Waals surface area contributed by atoms with E-state index in [2.05, 4.69) is 19.8 Å². The molecule has 0 radical (unpaired) electrons. The summed E-state index contributed by atoms with van der Waals surface area (Å²) in [6, 6.07) is -0.365. The Morgan fingerprint density at radius 3 is 2.33 bits per heavy atom. The molecule has 7 heteroatoms. The summed E-state index contributed by atoms with van der Waals surface area (Å²) in [6.45, 7) is 3.18. The van der Waals surface area contributed by atoms with Crippen molar-refractivity contribution in [3.8, 4) is 0 Å². The van der Waals surface area contributed by atoms with E-state index >= 15 is 0 Å². The van der Waals surface area contributed by atoms with Crippen LogP contribution in [0.3, 0.4) is 0 Å².